The minimum atomic E-state index is 1.15. The quantitative estimate of drug-likeness (QED) is 0.582. The van der Waals surface area contributed by atoms with Crippen molar-refractivity contribution in [1.29, 1.82) is 0 Å². The zero-order valence-corrected chi connectivity index (χ0v) is 12.0. The van der Waals surface area contributed by atoms with Crippen LogP contribution in [0.4, 0.5) is 0 Å². The summed E-state index contributed by atoms with van der Waals surface area (Å²) in [5.41, 5.74) is 12.0. The van der Waals surface area contributed by atoms with Crippen molar-refractivity contribution < 1.29 is 0 Å². The lowest BCUT2D eigenvalue weighted by Crippen LogP contribution is -1.87. The maximum Gasteiger partial charge on any atom is -0.00211 e. The lowest BCUT2D eigenvalue weighted by molar-refractivity contribution is 1.15. The molecule has 2 aliphatic carbocycles. The Hall–Kier alpha value is -1.82. The molecule has 2 aliphatic rings. The summed E-state index contributed by atoms with van der Waals surface area (Å²) in [6.07, 6.45) is 1.15. The number of hydrogen-bond acceptors (Lipinski definition) is 0. The molecule has 0 fully saturated rings. The fourth-order valence-electron chi connectivity index (χ4n) is 3.95. The van der Waals surface area contributed by atoms with Crippen molar-refractivity contribution in [3.8, 4) is 0 Å². The van der Waals surface area contributed by atoms with E-state index in [9.17, 15) is 0 Å². The van der Waals surface area contributed by atoms with Gasteiger partial charge in [-0.25, -0.2) is 0 Å². The first-order chi connectivity index (χ1) is 9.09. The van der Waals surface area contributed by atoms with E-state index >= 15 is 0 Å². The van der Waals surface area contributed by atoms with Crippen LogP contribution >= 0.6 is 0 Å². The van der Waals surface area contributed by atoms with Gasteiger partial charge in [-0.05, 0) is 78.3 Å². The topological polar surface area (TPSA) is 0 Å². The highest BCUT2D eigenvalue weighted by Crippen LogP contribution is 2.54. The average Bonchev–Trinajstić information content (AvgIpc) is 2.86. The van der Waals surface area contributed by atoms with Gasteiger partial charge in [-0.1, -0.05) is 35.4 Å². The van der Waals surface area contributed by atoms with Gasteiger partial charge in [-0.15, -0.1) is 0 Å². The molecule has 94 valence electrons. The van der Waals surface area contributed by atoms with Crippen molar-refractivity contribution in [1.82, 2.24) is 0 Å². The Bertz CT molecular complexity index is 749. The molecule has 4 rings (SSSR count). The molecule has 2 aromatic carbocycles. The number of rotatable bonds is 0. The van der Waals surface area contributed by atoms with E-state index in [1.807, 2.05) is 0 Å². The summed E-state index contributed by atoms with van der Waals surface area (Å²) in [5, 5.41) is 2.87. The molecule has 0 aliphatic heterocycles. The van der Waals surface area contributed by atoms with Crippen LogP contribution < -0.4 is 0 Å². The van der Waals surface area contributed by atoms with Crippen LogP contribution in [0.1, 0.15) is 42.5 Å². The second kappa shape index (κ2) is 3.39. The number of aryl methyl sites for hydroxylation is 2. The molecule has 0 spiro atoms. The summed E-state index contributed by atoms with van der Waals surface area (Å²) in [6.45, 7) is 9.09. The molecule has 0 heteroatoms. The molecular weight excluding hydrogens is 228 g/mol. The van der Waals surface area contributed by atoms with E-state index in [1.165, 1.54) is 44.2 Å². The maximum absolute atomic E-state index is 2.30. The first-order valence-electron chi connectivity index (χ1n) is 7.03. The van der Waals surface area contributed by atoms with E-state index < -0.39 is 0 Å². The molecule has 0 radical (unpaired) electrons. The van der Waals surface area contributed by atoms with Crippen LogP contribution in [0.25, 0.3) is 21.9 Å². The smallest absolute Gasteiger partial charge is 0.00211 e. The zero-order valence-electron chi connectivity index (χ0n) is 12.0. The fourth-order valence-corrected chi connectivity index (χ4v) is 3.95. The third-order valence-corrected chi connectivity index (χ3v) is 4.74. The summed E-state index contributed by atoms with van der Waals surface area (Å²) in [5.74, 6) is 0. The van der Waals surface area contributed by atoms with E-state index in [2.05, 4.69) is 52.0 Å². The highest BCUT2D eigenvalue weighted by Gasteiger charge is 2.32. The lowest BCUT2D eigenvalue weighted by atomic mass is 9.95. The highest BCUT2D eigenvalue weighted by molar-refractivity contribution is 6.25. The first kappa shape index (κ1) is 11.0. The van der Waals surface area contributed by atoms with Crippen LogP contribution in [0, 0.1) is 13.8 Å². The Morgan fingerprint density at radius 2 is 1.16 bits per heavy atom. The minimum Gasteiger partial charge on any atom is -0.0607 e. The van der Waals surface area contributed by atoms with E-state index in [4.69, 9.17) is 0 Å². The fraction of sp³-hybridized carbons (Fsp3) is 0.263. The zero-order chi connectivity index (χ0) is 13.3. The van der Waals surface area contributed by atoms with Crippen molar-refractivity contribution in [2.45, 2.75) is 34.1 Å². The number of allylic oxidation sites excluding steroid dienone is 4. The normalized spacial score (nSPS) is 16.8. The van der Waals surface area contributed by atoms with Crippen molar-refractivity contribution in [3.05, 3.63) is 57.7 Å². The Morgan fingerprint density at radius 1 is 0.684 bits per heavy atom. The van der Waals surface area contributed by atoms with Gasteiger partial charge in [0.25, 0.3) is 0 Å². The second-order valence-electron chi connectivity index (χ2n) is 6.10. The number of fused-ring (bicyclic) bond motifs is 3. The SMILES string of the molecule is CC1=C2C(=C(C)C1)c1c(C)ccc3ccc(C)c2c13. The van der Waals surface area contributed by atoms with Crippen molar-refractivity contribution in [3.63, 3.8) is 0 Å². The largest absolute Gasteiger partial charge is 0.0607 e. The molecule has 0 aromatic heterocycles. The standard InChI is InChI=1S/C19H18/c1-10-5-7-14-8-6-11(2)16-18-13(4)9-12(3)17(18)15(10)19(14)16/h5-8H,9H2,1-4H3. The van der Waals surface area contributed by atoms with Gasteiger partial charge in [-0.2, -0.15) is 0 Å². The molecule has 0 bridgehead atoms. The molecule has 0 saturated heterocycles. The van der Waals surface area contributed by atoms with Gasteiger partial charge in [0.05, 0.1) is 0 Å². The summed E-state index contributed by atoms with van der Waals surface area (Å²) in [7, 11) is 0. The van der Waals surface area contributed by atoms with Gasteiger partial charge in [0.15, 0.2) is 0 Å². The molecule has 0 saturated carbocycles. The van der Waals surface area contributed by atoms with Gasteiger partial charge in [0, 0.05) is 0 Å². The van der Waals surface area contributed by atoms with Crippen LogP contribution in [0.3, 0.4) is 0 Å². The predicted molar refractivity (Wildman–Crippen MR) is 83.2 cm³/mol. The van der Waals surface area contributed by atoms with Gasteiger partial charge >= 0.3 is 0 Å². The highest BCUT2D eigenvalue weighted by atomic mass is 14.4. The monoisotopic (exact) mass is 246 g/mol. The summed E-state index contributed by atoms with van der Waals surface area (Å²) in [6, 6.07) is 9.08. The number of benzene rings is 2. The molecule has 0 N–H and O–H groups in total. The molecule has 0 heterocycles. The lowest BCUT2D eigenvalue weighted by Gasteiger charge is -2.08. The Morgan fingerprint density at radius 3 is 1.63 bits per heavy atom. The molecule has 0 unspecified atom stereocenters. The van der Waals surface area contributed by atoms with Crippen LogP contribution in [-0.4, -0.2) is 0 Å². The molecule has 0 nitrogen and oxygen atoms in total. The molecule has 0 atom stereocenters. The van der Waals surface area contributed by atoms with Gasteiger partial charge in [0.1, 0.15) is 0 Å². The Labute approximate surface area is 114 Å². The average molecular weight is 246 g/mol. The van der Waals surface area contributed by atoms with Crippen LogP contribution in [0.5, 0.6) is 0 Å². The van der Waals surface area contributed by atoms with Crippen molar-refractivity contribution in [2.24, 2.45) is 0 Å². The number of hydrogen-bond donors (Lipinski definition) is 0. The molecule has 19 heavy (non-hydrogen) atoms. The van der Waals surface area contributed by atoms with Crippen LogP contribution in [-0.2, 0) is 0 Å². The van der Waals surface area contributed by atoms with Gasteiger partial charge < -0.3 is 0 Å². The van der Waals surface area contributed by atoms with Crippen molar-refractivity contribution in [2.75, 3.05) is 0 Å². The van der Waals surface area contributed by atoms with Crippen molar-refractivity contribution >= 4 is 21.9 Å². The van der Waals surface area contributed by atoms with E-state index in [-0.39, 0.29) is 0 Å². The van der Waals surface area contributed by atoms with Gasteiger partial charge in [-0.3, -0.25) is 0 Å². The third-order valence-electron chi connectivity index (χ3n) is 4.74. The minimum absolute atomic E-state index is 1.15. The first-order valence-corrected chi connectivity index (χ1v) is 7.03. The van der Waals surface area contributed by atoms with Gasteiger partial charge in [0.2, 0.25) is 0 Å². The van der Waals surface area contributed by atoms with E-state index in [0.717, 1.165) is 6.42 Å². The van der Waals surface area contributed by atoms with Crippen LogP contribution in [0.2, 0.25) is 0 Å². The van der Waals surface area contributed by atoms with Crippen LogP contribution in [0.15, 0.2) is 35.4 Å². The molecule has 0 amide bonds. The summed E-state index contributed by atoms with van der Waals surface area (Å²) in [4.78, 5) is 0. The predicted octanol–water partition coefficient (Wildman–Crippen LogP) is 5.42. The second-order valence-corrected chi connectivity index (χ2v) is 6.10. The van der Waals surface area contributed by atoms with E-state index in [1.54, 1.807) is 11.1 Å². The Kier molecular flexibility index (Phi) is 1.97. The maximum atomic E-state index is 2.30. The molecule has 2 aromatic rings. The summed E-state index contributed by atoms with van der Waals surface area (Å²) >= 11 is 0. The Balaban J connectivity index is 2.31. The third kappa shape index (κ3) is 1.19. The summed E-state index contributed by atoms with van der Waals surface area (Å²) < 4.78 is 0. The van der Waals surface area contributed by atoms with E-state index in [0.29, 0.717) is 0 Å². The molecular formula is C19H18.